The lowest BCUT2D eigenvalue weighted by Gasteiger charge is -2.72. The highest BCUT2D eigenvalue weighted by atomic mass is 17.2. The Bertz CT molecular complexity index is 1060. The first-order valence-electron chi connectivity index (χ1n) is 21.8. The van der Waals surface area contributed by atoms with Crippen LogP contribution in [0.5, 0.6) is 0 Å². The van der Waals surface area contributed by atoms with Crippen molar-refractivity contribution in [2.75, 3.05) is 6.61 Å². The second-order valence-electron chi connectivity index (χ2n) is 20.4. The largest absolute Gasteiger partial charge is 0.236 e. The van der Waals surface area contributed by atoms with Gasteiger partial charge in [-0.05, 0) is 114 Å². The van der Waals surface area contributed by atoms with Crippen molar-refractivity contribution in [3.05, 3.63) is 11.6 Å². The van der Waals surface area contributed by atoms with Gasteiger partial charge in [-0.2, -0.15) is 0 Å². The van der Waals surface area contributed by atoms with Gasteiger partial charge in [-0.25, -0.2) is 9.78 Å². The van der Waals surface area contributed by atoms with E-state index in [0.29, 0.717) is 33.0 Å². The summed E-state index contributed by atoms with van der Waals surface area (Å²) in [5, 5.41) is 0. The first-order chi connectivity index (χ1) is 22.8. The Morgan fingerprint density at radius 3 is 1.83 bits per heavy atom. The average molecular weight is 667 g/mol. The van der Waals surface area contributed by atoms with Gasteiger partial charge in [-0.1, -0.05) is 164 Å². The van der Waals surface area contributed by atoms with E-state index in [2.05, 4.69) is 68.4 Å². The fourth-order valence-electron chi connectivity index (χ4n) is 13.5. The molecule has 0 aliphatic heterocycles. The van der Waals surface area contributed by atoms with Gasteiger partial charge in [0.2, 0.25) is 0 Å². The molecule has 5 aliphatic rings. The second kappa shape index (κ2) is 15.7. The highest BCUT2D eigenvalue weighted by Gasteiger charge is 2.68. The molecule has 0 amide bonds. The van der Waals surface area contributed by atoms with Crippen molar-refractivity contribution in [2.45, 2.75) is 223 Å². The SMILES string of the molecule is CCCCCCCCCCCCCCCCOOC1CCC2(C)C(CCC3(C)C2CC=C2C4CCCC(C)(C)C4(C)CCC23C)C1(C)C. The van der Waals surface area contributed by atoms with Crippen molar-refractivity contribution in [1.82, 2.24) is 0 Å². The van der Waals surface area contributed by atoms with Crippen LogP contribution >= 0.6 is 0 Å². The van der Waals surface area contributed by atoms with Crippen LogP contribution in [0.15, 0.2) is 11.6 Å². The number of allylic oxidation sites excluding steroid dienone is 2. The minimum atomic E-state index is 0.146. The monoisotopic (exact) mass is 667 g/mol. The smallest absolute Gasteiger partial charge is 0.0983 e. The van der Waals surface area contributed by atoms with E-state index in [-0.39, 0.29) is 11.5 Å². The Hall–Kier alpha value is -0.340. The number of fused-ring (bicyclic) bond motifs is 7. The van der Waals surface area contributed by atoms with Gasteiger partial charge in [0, 0.05) is 0 Å². The topological polar surface area (TPSA) is 18.5 Å². The van der Waals surface area contributed by atoms with Gasteiger partial charge in [-0.3, -0.25) is 0 Å². The number of rotatable bonds is 17. The summed E-state index contributed by atoms with van der Waals surface area (Å²) < 4.78 is 0. The summed E-state index contributed by atoms with van der Waals surface area (Å²) in [5.41, 5.74) is 4.10. The van der Waals surface area contributed by atoms with Crippen LogP contribution in [0.25, 0.3) is 0 Å². The molecule has 4 saturated carbocycles. The Morgan fingerprint density at radius 2 is 1.21 bits per heavy atom. The molecule has 0 aromatic carbocycles. The molecule has 8 unspecified atom stereocenters. The van der Waals surface area contributed by atoms with Crippen LogP contribution in [0.2, 0.25) is 0 Å². The van der Waals surface area contributed by atoms with Crippen LogP contribution in [0, 0.1) is 50.2 Å². The predicted octanol–water partition coefficient (Wildman–Crippen LogP) is 14.6. The number of hydrogen-bond acceptors (Lipinski definition) is 2. The van der Waals surface area contributed by atoms with Crippen LogP contribution in [-0.2, 0) is 9.78 Å². The minimum Gasteiger partial charge on any atom is -0.236 e. The molecule has 0 bridgehead atoms. The summed E-state index contributed by atoms with van der Waals surface area (Å²) in [4.78, 5) is 12.4. The fraction of sp³-hybridized carbons (Fsp3) is 0.957. The maximum atomic E-state index is 6.35. The zero-order valence-electron chi connectivity index (χ0n) is 33.9. The van der Waals surface area contributed by atoms with E-state index in [1.807, 2.05) is 5.57 Å². The maximum Gasteiger partial charge on any atom is 0.0983 e. The molecule has 0 radical (unpaired) electrons. The van der Waals surface area contributed by atoms with Crippen molar-refractivity contribution in [2.24, 2.45) is 50.2 Å². The number of unbranched alkanes of at least 4 members (excludes halogenated alkanes) is 13. The van der Waals surface area contributed by atoms with Crippen molar-refractivity contribution in [3.63, 3.8) is 0 Å². The second-order valence-corrected chi connectivity index (χ2v) is 20.4. The average Bonchev–Trinajstić information content (AvgIpc) is 3.03. The van der Waals surface area contributed by atoms with Gasteiger partial charge in [0.05, 0.1) is 12.7 Å². The van der Waals surface area contributed by atoms with Gasteiger partial charge < -0.3 is 0 Å². The van der Waals surface area contributed by atoms with E-state index >= 15 is 0 Å². The van der Waals surface area contributed by atoms with Crippen molar-refractivity contribution >= 4 is 0 Å². The molecule has 48 heavy (non-hydrogen) atoms. The summed E-state index contributed by atoms with van der Waals surface area (Å²) in [6, 6.07) is 0. The molecule has 2 nitrogen and oxygen atoms in total. The summed E-state index contributed by atoms with van der Waals surface area (Å²) in [7, 11) is 0. The van der Waals surface area contributed by atoms with Crippen LogP contribution in [0.4, 0.5) is 0 Å². The molecule has 0 aromatic heterocycles. The third kappa shape index (κ3) is 7.18. The van der Waals surface area contributed by atoms with Crippen LogP contribution < -0.4 is 0 Å². The molecule has 5 aliphatic carbocycles. The molecule has 0 spiro atoms. The van der Waals surface area contributed by atoms with Crippen LogP contribution in [0.3, 0.4) is 0 Å². The summed E-state index contributed by atoms with van der Waals surface area (Å²) >= 11 is 0. The standard InChI is InChI=1S/C46H82O2/c1-10-11-12-13-14-15-16-17-18-19-20-21-22-23-35-47-48-40-29-31-43(6)38(42(40,4)5)28-32-46(9)39(43)27-26-37-36-25-24-30-41(2,3)44(36,7)33-34-45(37,46)8/h26,36,38-40H,10-25,27-35H2,1-9H3. The first-order valence-corrected chi connectivity index (χ1v) is 21.8. The third-order valence-corrected chi connectivity index (χ3v) is 17.4. The Balaban J connectivity index is 1.07. The lowest BCUT2D eigenvalue weighted by atomic mass is 9.33. The van der Waals surface area contributed by atoms with Crippen molar-refractivity contribution in [1.29, 1.82) is 0 Å². The Labute approximate surface area is 300 Å². The summed E-state index contributed by atoms with van der Waals surface area (Å²) in [5.74, 6) is 2.27. The highest BCUT2D eigenvalue weighted by Crippen LogP contribution is 2.76. The van der Waals surface area contributed by atoms with Crippen LogP contribution in [-0.4, -0.2) is 12.7 Å². The molecule has 0 heterocycles. The lowest BCUT2D eigenvalue weighted by molar-refractivity contribution is -0.362. The molecule has 278 valence electrons. The van der Waals surface area contributed by atoms with Crippen LogP contribution in [0.1, 0.15) is 216 Å². The zero-order chi connectivity index (χ0) is 34.7. The molecule has 5 rings (SSSR count). The maximum absolute atomic E-state index is 6.35. The third-order valence-electron chi connectivity index (χ3n) is 17.4. The lowest BCUT2D eigenvalue weighted by Crippen LogP contribution is -2.65. The Morgan fingerprint density at radius 1 is 0.604 bits per heavy atom. The molecule has 0 saturated heterocycles. The normalized spacial score (nSPS) is 39.9. The van der Waals surface area contributed by atoms with Gasteiger partial charge in [0.1, 0.15) is 0 Å². The molecule has 4 fully saturated rings. The molecule has 8 atom stereocenters. The van der Waals surface area contributed by atoms with Gasteiger partial charge in [-0.15, -0.1) is 0 Å². The van der Waals surface area contributed by atoms with Gasteiger partial charge in [0.15, 0.2) is 0 Å². The summed E-state index contributed by atoms with van der Waals surface area (Å²) in [6.07, 6.45) is 36.1. The fourth-order valence-corrected chi connectivity index (χ4v) is 13.5. The predicted molar refractivity (Wildman–Crippen MR) is 206 cm³/mol. The molecule has 2 heteroatoms. The first kappa shape index (κ1) is 38.9. The molecule has 0 N–H and O–H groups in total. The van der Waals surface area contributed by atoms with Crippen molar-refractivity contribution in [3.8, 4) is 0 Å². The molecular formula is C46H82O2. The van der Waals surface area contributed by atoms with Crippen molar-refractivity contribution < 1.29 is 9.78 Å². The summed E-state index contributed by atoms with van der Waals surface area (Å²) in [6.45, 7) is 24.2. The van der Waals surface area contributed by atoms with Gasteiger partial charge >= 0.3 is 0 Å². The quantitative estimate of drug-likeness (QED) is 0.0666. The van der Waals surface area contributed by atoms with E-state index in [1.54, 1.807) is 0 Å². The Kier molecular flexibility index (Phi) is 12.7. The van der Waals surface area contributed by atoms with E-state index < -0.39 is 0 Å². The molecule has 0 aromatic rings. The van der Waals surface area contributed by atoms with E-state index in [1.165, 1.54) is 141 Å². The number of hydrogen-bond donors (Lipinski definition) is 0. The zero-order valence-corrected chi connectivity index (χ0v) is 33.9. The molecular weight excluding hydrogens is 585 g/mol. The highest BCUT2D eigenvalue weighted by molar-refractivity contribution is 5.34. The minimum absolute atomic E-state index is 0.146. The van der Waals surface area contributed by atoms with E-state index in [9.17, 15) is 0 Å². The van der Waals surface area contributed by atoms with E-state index in [4.69, 9.17) is 9.78 Å². The van der Waals surface area contributed by atoms with Gasteiger partial charge in [0.25, 0.3) is 0 Å². The van der Waals surface area contributed by atoms with E-state index in [0.717, 1.165) is 31.3 Å².